The summed E-state index contributed by atoms with van der Waals surface area (Å²) in [5, 5.41) is 3.13. The molecular weight excluding hydrogens is 292 g/mol. The van der Waals surface area contributed by atoms with E-state index in [9.17, 15) is 4.79 Å². The van der Waals surface area contributed by atoms with Crippen LogP contribution in [-0.4, -0.2) is 73.6 Å². The van der Waals surface area contributed by atoms with Crippen LogP contribution in [-0.2, 0) is 0 Å². The second kappa shape index (κ2) is 7.84. The predicted molar refractivity (Wildman–Crippen MR) is 89.3 cm³/mol. The van der Waals surface area contributed by atoms with Crippen LogP contribution in [0.25, 0.3) is 0 Å². The van der Waals surface area contributed by atoms with Gasteiger partial charge in [-0.3, -0.25) is 4.90 Å². The number of urea groups is 1. The predicted octanol–water partition coefficient (Wildman–Crippen LogP) is 1.76. The summed E-state index contributed by atoms with van der Waals surface area (Å²) in [7, 11) is 2.11. The van der Waals surface area contributed by atoms with Gasteiger partial charge in [0.1, 0.15) is 5.76 Å². The third kappa shape index (κ3) is 4.26. The number of nitrogens with one attached hydrogen (secondary N) is 1. The van der Waals surface area contributed by atoms with Gasteiger partial charge in [-0.1, -0.05) is 0 Å². The monoisotopic (exact) mass is 320 g/mol. The van der Waals surface area contributed by atoms with Crippen LogP contribution in [0.3, 0.4) is 0 Å². The standard InChI is InChI=1S/C17H28N4O2/c1-19-7-5-10-21(12-11-19)17(22)18-14-15(16-6-4-13-23-16)20-8-2-3-9-20/h4,6,13,15H,2-3,5,7-12,14H2,1H3,(H,18,22). The van der Waals surface area contributed by atoms with Crippen LogP contribution in [0.4, 0.5) is 4.79 Å². The van der Waals surface area contributed by atoms with E-state index in [0.29, 0.717) is 6.54 Å². The van der Waals surface area contributed by atoms with Crippen molar-refractivity contribution < 1.29 is 9.21 Å². The van der Waals surface area contributed by atoms with E-state index < -0.39 is 0 Å². The average molecular weight is 320 g/mol. The molecule has 2 fully saturated rings. The molecule has 1 unspecified atom stereocenters. The molecule has 2 aliphatic heterocycles. The molecule has 1 N–H and O–H groups in total. The van der Waals surface area contributed by atoms with Crippen molar-refractivity contribution in [2.75, 3.05) is 52.9 Å². The molecular formula is C17H28N4O2. The first kappa shape index (κ1) is 16.3. The maximum absolute atomic E-state index is 12.5. The first-order chi connectivity index (χ1) is 11.2. The van der Waals surface area contributed by atoms with E-state index in [1.807, 2.05) is 17.0 Å². The highest BCUT2D eigenvalue weighted by Gasteiger charge is 2.27. The average Bonchev–Trinajstić information content (AvgIpc) is 3.21. The minimum Gasteiger partial charge on any atom is -0.468 e. The summed E-state index contributed by atoms with van der Waals surface area (Å²) in [5.41, 5.74) is 0. The summed E-state index contributed by atoms with van der Waals surface area (Å²) in [4.78, 5) is 19.1. The highest BCUT2D eigenvalue weighted by molar-refractivity contribution is 5.74. The molecule has 1 aromatic rings. The van der Waals surface area contributed by atoms with Crippen molar-refractivity contribution in [1.82, 2.24) is 20.0 Å². The molecule has 2 aliphatic rings. The lowest BCUT2D eigenvalue weighted by Gasteiger charge is -2.28. The Labute approximate surface area is 138 Å². The number of nitrogens with zero attached hydrogens (tertiary/aromatic N) is 3. The molecule has 0 radical (unpaired) electrons. The molecule has 0 aliphatic carbocycles. The SMILES string of the molecule is CN1CCCN(C(=O)NCC(c2ccco2)N2CCCC2)CC1. The number of carbonyl (C=O) groups excluding carboxylic acids is 1. The molecule has 1 atom stereocenters. The van der Waals surface area contributed by atoms with Crippen molar-refractivity contribution in [1.29, 1.82) is 0 Å². The Bertz CT molecular complexity index is 485. The Morgan fingerprint density at radius 3 is 2.74 bits per heavy atom. The molecule has 3 rings (SSSR count). The van der Waals surface area contributed by atoms with E-state index in [0.717, 1.165) is 51.4 Å². The van der Waals surface area contributed by atoms with Gasteiger partial charge in [-0.15, -0.1) is 0 Å². The summed E-state index contributed by atoms with van der Waals surface area (Å²) in [6, 6.07) is 4.13. The quantitative estimate of drug-likeness (QED) is 0.918. The van der Waals surface area contributed by atoms with Crippen molar-refractivity contribution in [3.05, 3.63) is 24.2 Å². The number of hydrogen-bond donors (Lipinski definition) is 1. The van der Waals surface area contributed by atoms with E-state index in [2.05, 4.69) is 22.2 Å². The summed E-state index contributed by atoms with van der Waals surface area (Å²) in [5.74, 6) is 0.947. The van der Waals surface area contributed by atoms with Crippen molar-refractivity contribution >= 4 is 6.03 Å². The number of rotatable bonds is 4. The number of likely N-dealkylation sites (N-methyl/N-ethyl adjacent to an activating group) is 1. The van der Waals surface area contributed by atoms with Crippen molar-refractivity contribution in [3.8, 4) is 0 Å². The second-order valence-corrected chi connectivity index (χ2v) is 6.60. The third-order valence-electron chi connectivity index (χ3n) is 4.91. The van der Waals surface area contributed by atoms with E-state index in [4.69, 9.17) is 4.42 Å². The van der Waals surface area contributed by atoms with Gasteiger partial charge in [-0.05, 0) is 58.1 Å². The number of carbonyl (C=O) groups is 1. The molecule has 6 heteroatoms. The second-order valence-electron chi connectivity index (χ2n) is 6.60. The molecule has 0 bridgehead atoms. The minimum absolute atomic E-state index is 0.0519. The van der Waals surface area contributed by atoms with Gasteiger partial charge in [-0.2, -0.15) is 0 Å². The first-order valence-electron chi connectivity index (χ1n) is 8.73. The van der Waals surface area contributed by atoms with Gasteiger partial charge in [0.05, 0.1) is 12.3 Å². The molecule has 6 nitrogen and oxygen atoms in total. The smallest absolute Gasteiger partial charge is 0.317 e. The highest BCUT2D eigenvalue weighted by atomic mass is 16.3. The van der Waals surface area contributed by atoms with Crippen LogP contribution >= 0.6 is 0 Å². The fourth-order valence-electron chi connectivity index (χ4n) is 3.49. The van der Waals surface area contributed by atoms with Crippen molar-refractivity contribution in [2.24, 2.45) is 0 Å². The van der Waals surface area contributed by atoms with E-state index >= 15 is 0 Å². The molecule has 0 aromatic carbocycles. The van der Waals surface area contributed by atoms with Crippen LogP contribution in [0.15, 0.2) is 22.8 Å². The molecule has 23 heavy (non-hydrogen) atoms. The molecule has 0 saturated carbocycles. The van der Waals surface area contributed by atoms with Crippen molar-refractivity contribution in [2.45, 2.75) is 25.3 Å². The number of hydrogen-bond acceptors (Lipinski definition) is 4. The van der Waals surface area contributed by atoms with E-state index in [1.54, 1.807) is 6.26 Å². The zero-order chi connectivity index (χ0) is 16.1. The Morgan fingerprint density at radius 2 is 2.00 bits per heavy atom. The maximum Gasteiger partial charge on any atom is 0.317 e. The first-order valence-corrected chi connectivity index (χ1v) is 8.73. The van der Waals surface area contributed by atoms with Gasteiger partial charge in [0.25, 0.3) is 0 Å². The summed E-state index contributed by atoms with van der Waals surface area (Å²) in [6.45, 7) is 6.42. The normalized spacial score (nSPS) is 22.0. The van der Waals surface area contributed by atoms with Crippen LogP contribution in [0.1, 0.15) is 31.1 Å². The van der Waals surface area contributed by atoms with Crippen molar-refractivity contribution in [3.63, 3.8) is 0 Å². The van der Waals surface area contributed by atoms with Gasteiger partial charge in [0.15, 0.2) is 0 Å². The molecule has 3 heterocycles. The Morgan fingerprint density at radius 1 is 1.17 bits per heavy atom. The summed E-state index contributed by atoms with van der Waals surface area (Å²) in [6.07, 6.45) is 5.20. The molecule has 1 aromatic heterocycles. The molecule has 2 saturated heterocycles. The zero-order valence-corrected chi connectivity index (χ0v) is 14.0. The van der Waals surface area contributed by atoms with Gasteiger partial charge >= 0.3 is 6.03 Å². The van der Waals surface area contributed by atoms with E-state index in [-0.39, 0.29) is 12.1 Å². The Balaban J connectivity index is 1.56. The zero-order valence-electron chi connectivity index (χ0n) is 14.0. The lowest BCUT2D eigenvalue weighted by Crippen LogP contribution is -2.45. The number of amides is 2. The number of furan rings is 1. The summed E-state index contributed by atoms with van der Waals surface area (Å²) >= 11 is 0. The minimum atomic E-state index is 0.0519. The van der Waals surface area contributed by atoms with Gasteiger partial charge in [0, 0.05) is 26.2 Å². The lowest BCUT2D eigenvalue weighted by molar-refractivity contribution is 0.182. The van der Waals surface area contributed by atoms with Crippen LogP contribution in [0.5, 0.6) is 0 Å². The largest absolute Gasteiger partial charge is 0.468 e. The van der Waals surface area contributed by atoms with Crippen LogP contribution in [0.2, 0.25) is 0 Å². The van der Waals surface area contributed by atoms with Gasteiger partial charge in [0.2, 0.25) is 0 Å². The van der Waals surface area contributed by atoms with E-state index in [1.165, 1.54) is 12.8 Å². The lowest BCUT2D eigenvalue weighted by atomic mass is 10.2. The Kier molecular flexibility index (Phi) is 5.56. The van der Waals surface area contributed by atoms with Gasteiger partial charge in [-0.25, -0.2) is 4.79 Å². The highest BCUT2D eigenvalue weighted by Crippen LogP contribution is 2.24. The molecule has 128 valence electrons. The molecule has 0 spiro atoms. The summed E-state index contributed by atoms with van der Waals surface area (Å²) < 4.78 is 5.61. The fourth-order valence-corrected chi connectivity index (χ4v) is 3.49. The topological polar surface area (TPSA) is 52.0 Å². The number of likely N-dealkylation sites (tertiary alicyclic amines) is 1. The van der Waals surface area contributed by atoms with Crippen LogP contribution in [0, 0.1) is 0 Å². The van der Waals surface area contributed by atoms with Crippen LogP contribution < -0.4 is 5.32 Å². The molecule has 2 amide bonds. The van der Waals surface area contributed by atoms with Gasteiger partial charge < -0.3 is 19.5 Å². The fraction of sp³-hybridized carbons (Fsp3) is 0.706. The maximum atomic E-state index is 12.5. The Hall–Kier alpha value is -1.53. The third-order valence-corrected chi connectivity index (χ3v) is 4.91.